The third kappa shape index (κ3) is 3.89. The van der Waals surface area contributed by atoms with Crippen molar-refractivity contribution in [3.05, 3.63) is 70.8 Å². The minimum absolute atomic E-state index is 0.0977. The first-order valence-corrected chi connectivity index (χ1v) is 10.9. The number of ether oxygens (including phenoxy) is 3. The van der Waals surface area contributed by atoms with Gasteiger partial charge in [0.25, 0.3) is 0 Å². The Morgan fingerprint density at radius 1 is 1.07 bits per heavy atom. The van der Waals surface area contributed by atoms with E-state index in [0.717, 1.165) is 32.5 Å². The molecule has 158 valence electrons. The van der Waals surface area contributed by atoms with Crippen LogP contribution in [0.1, 0.15) is 47.1 Å². The van der Waals surface area contributed by atoms with Crippen LogP contribution in [0, 0.1) is 0 Å². The summed E-state index contributed by atoms with van der Waals surface area (Å²) in [7, 11) is 1.43. The zero-order chi connectivity index (χ0) is 20.5. The second-order valence-electron chi connectivity index (χ2n) is 8.63. The standard InChI is InChI=1S/C25H29NO4/c1-28-24(27)14-19-15-26(10-11-29-19)16-20-13-23-21-8-4-2-6-17(21)12-18-7-3-5-9-22(18)25(23)30-20/h2-9,19-20,23,25H,10-16H2,1H3. The summed E-state index contributed by atoms with van der Waals surface area (Å²) < 4.78 is 17.3. The van der Waals surface area contributed by atoms with Crippen LogP contribution in [-0.4, -0.2) is 56.4 Å². The van der Waals surface area contributed by atoms with Crippen LogP contribution < -0.4 is 0 Å². The largest absolute Gasteiger partial charge is 0.469 e. The van der Waals surface area contributed by atoms with Crippen LogP contribution in [0.2, 0.25) is 0 Å². The summed E-state index contributed by atoms with van der Waals surface area (Å²) in [6.45, 7) is 3.14. The van der Waals surface area contributed by atoms with Crippen LogP contribution in [-0.2, 0) is 25.4 Å². The van der Waals surface area contributed by atoms with Gasteiger partial charge in [-0.25, -0.2) is 0 Å². The summed E-state index contributed by atoms with van der Waals surface area (Å²) in [4.78, 5) is 14.0. The van der Waals surface area contributed by atoms with Crippen LogP contribution in [0.15, 0.2) is 48.5 Å². The Morgan fingerprint density at radius 2 is 1.80 bits per heavy atom. The summed E-state index contributed by atoms with van der Waals surface area (Å²) in [6.07, 6.45) is 2.50. The predicted molar refractivity (Wildman–Crippen MR) is 113 cm³/mol. The molecule has 3 aliphatic rings. The second-order valence-corrected chi connectivity index (χ2v) is 8.63. The smallest absolute Gasteiger partial charge is 0.308 e. The van der Waals surface area contributed by atoms with E-state index in [1.807, 2.05) is 0 Å². The summed E-state index contributed by atoms with van der Waals surface area (Å²) >= 11 is 0. The molecule has 0 amide bonds. The molecule has 0 saturated carbocycles. The number of carbonyl (C=O) groups excluding carboxylic acids is 1. The first kappa shape index (κ1) is 19.7. The van der Waals surface area contributed by atoms with E-state index in [4.69, 9.17) is 14.2 Å². The fourth-order valence-electron chi connectivity index (χ4n) is 5.32. The summed E-state index contributed by atoms with van der Waals surface area (Å²) in [5, 5.41) is 0. The van der Waals surface area contributed by atoms with Gasteiger partial charge >= 0.3 is 5.97 Å². The summed E-state index contributed by atoms with van der Waals surface area (Å²) in [5.74, 6) is 0.177. The second kappa shape index (κ2) is 8.50. The molecule has 5 rings (SSSR count). The van der Waals surface area contributed by atoms with E-state index in [1.165, 1.54) is 29.4 Å². The lowest BCUT2D eigenvalue weighted by Crippen LogP contribution is -2.46. The molecular weight excluding hydrogens is 378 g/mol. The molecule has 30 heavy (non-hydrogen) atoms. The van der Waals surface area contributed by atoms with Gasteiger partial charge in [0.2, 0.25) is 0 Å². The van der Waals surface area contributed by atoms with E-state index >= 15 is 0 Å². The Morgan fingerprint density at radius 3 is 2.60 bits per heavy atom. The molecule has 5 heteroatoms. The lowest BCUT2D eigenvalue weighted by atomic mass is 9.87. The molecule has 2 saturated heterocycles. The fourth-order valence-corrected chi connectivity index (χ4v) is 5.32. The molecule has 4 unspecified atom stereocenters. The maximum absolute atomic E-state index is 11.6. The van der Waals surface area contributed by atoms with Crippen molar-refractivity contribution in [1.29, 1.82) is 0 Å². The Bertz CT molecular complexity index is 860. The first-order chi connectivity index (χ1) is 14.7. The molecule has 0 bridgehead atoms. The van der Waals surface area contributed by atoms with Gasteiger partial charge in [0.1, 0.15) is 0 Å². The summed E-state index contributed by atoms with van der Waals surface area (Å²) in [6, 6.07) is 17.6. The number of morpholine rings is 1. The van der Waals surface area contributed by atoms with E-state index < -0.39 is 0 Å². The van der Waals surface area contributed by atoms with Gasteiger partial charge in [0.15, 0.2) is 0 Å². The number of esters is 1. The van der Waals surface area contributed by atoms with E-state index in [-0.39, 0.29) is 24.3 Å². The SMILES string of the molecule is COC(=O)CC1CN(CC2CC3c4ccccc4Cc4ccccc4C3O2)CCO1. The van der Waals surface area contributed by atoms with Crippen LogP contribution in [0.25, 0.3) is 0 Å². The molecule has 0 radical (unpaired) electrons. The number of nitrogens with zero attached hydrogens (tertiary/aromatic N) is 1. The van der Waals surface area contributed by atoms with E-state index in [9.17, 15) is 4.79 Å². The van der Waals surface area contributed by atoms with Gasteiger partial charge in [0, 0.05) is 25.6 Å². The van der Waals surface area contributed by atoms with Gasteiger partial charge in [-0.2, -0.15) is 0 Å². The van der Waals surface area contributed by atoms with Crippen molar-refractivity contribution < 1.29 is 19.0 Å². The van der Waals surface area contributed by atoms with E-state index in [2.05, 4.69) is 53.4 Å². The topological polar surface area (TPSA) is 48.0 Å². The summed E-state index contributed by atoms with van der Waals surface area (Å²) in [5.41, 5.74) is 5.58. The minimum atomic E-state index is -0.213. The molecule has 0 N–H and O–H groups in total. The molecule has 2 fully saturated rings. The molecular formula is C25H29NO4. The lowest BCUT2D eigenvalue weighted by Gasteiger charge is -2.33. The van der Waals surface area contributed by atoms with Crippen molar-refractivity contribution in [3.8, 4) is 0 Å². The quantitative estimate of drug-likeness (QED) is 0.727. The molecule has 5 nitrogen and oxygen atoms in total. The van der Waals surface area contributed by atoms with Crippen molar-refractivity contribution in [1.82, 2.24) is 4.90 Å². The highest BCUT2D eigenvalue weighted by Crippen LogP contribution is 2.49. The van der Waals surface area contributed by atoms with Gasteiger partial charge in [0.05, 0.1) is 38.4 Å². The monoisotopic (exact) mass is 407 g/mol. The van der Waals surface area contributed by atoms with Crippen LogP contribution in [0.3, 0.4) is 0 Å². The van der Waals surface area contributed by atoms with Crippen molar-refractivity contribution in [2.45, 2.75) is 43.5 Å². The molecule has 4 atom stereocenters. The Labute approximate surface area is 177 Å². The fraction of sp³-hybridized carbons (Fsp3) is 0.480. The maximum atomic E-state index is 11.6. The molecule has 2 heterocycles. The average Bonchev–Trinajstić information content (AvgIpc) is 3.12. The zero-order valence-corrected chi connectivity index (χ0v) is 17.5. The Hall–Kier alpha value is -2.21. The number of rotatable bonds is 4. The van der Waals surface area contributed by atoms with Crippen molar-refractivity contribution >= 4 is 5.97 Å². The highest BCUT2D eigenvalue weighted by atomic mass is 16.5. The zero-order valence-electron chi connectivity index (χ0n) is 17.5. The van der Waals surface area contributed by atoms with Crippen molar-refractivity contribution in [2.75, 3.05) is 33.4 Å². The van der Waals surface area contributed by atoms with Gasteiger partial charge in [-0.3, -0.25) is 9.69 Å². The maximum Gasteiger partial charge on any atom is 0.308 e. The number of methoxy groups -OCH3 is 1. The normalized spacial score (nSPS) is 28.2. The van der Waals surface area contributed by atoms with Gasteiger partial charge in [-0.1, -0.05) is 48.5 Å². The van der Waals surface area contributed by atoms with Crippen molar-refractivity contribution in [3.63, 3.8) is 0 Å². The molecule has 2 aromatic rings. The molecule has 2 aromatic carbocycles. The van der Waals surface area contributed by atoms with Crippen LogP contribution >= 0.6 is 0 Å². The number of fused-ring (bicyclic) bond motifs is 5. The highest BCUT2D eigenvalue weighted by molar-refractivity contribution is 5.69. The molecule has 1 aliphatic carbocycles. The Balaban J connectivity index is 1.33. The van der Waals surface area contributed by atoms with Gasteiger partial charge < -0.3 is 14.2 Å². The van der Waals surface area contributed by atoms with Crippen molar-refractivity contribution in [2.24, 2.45) is 0 Å². The van der Waals surface area contributed by atoms with Crippen LogP contribution in [0.5, 0.6) is 0 Å². The van der Waals surface area contributed by atoms with E-state index in [1.54, 1.807) is 0 Å². The number of carbonyl (C=O) groups is 1. The lowest BCUT2D eigenvalue weighted by molar-refractivity contribution is -0.146. The Kier molecular flexibility index (Phi) is 5.59. The molecule has 0 aromatic heterocycles. The minimum Gasteiger partial charge on any atom is -0.469 e. The molecule has 2 aliphatic heterocycles. The number of benzene rings is 2. The number of hydrogen-bond donors (Lipinski definition) is 0. The number of hydrogen-bond acceptors (Lipinski definition) is 5. The third-order valence-corrected chi connectivity index (χ3v) is 6.73. The predicted octanol–water partition coefficient (Wildman–Crippen LogP) is 3.47. The molecule has 0 spiro atoms. The third-order valence-electron chi connectivity index (χ3n) is 6.73. The van der Waals surface area contributed by atoms with Crippen LogP contribution in [0.4, 0.5) is 0 Å². The first-order valence-electron chi connectivity index (χ1n) is 10.9. The average molecular weight is 408 g/mol. The van der Waals surface area contributed by atoms with E-state index in [0.29, 0.717) is 18.9 Å². The highest BCUT2D eigenvalue weighted by Gasteiger charge is 2.41. The van der Waals surface area contributed by atoms with Gasteiger partial charge in [-0.15, -0.1) is 0 Å². The van der Waals surface area contributed by atoms with Gasteiger partial charge in [-0.05, 0) is 35.1 Å².